The van der Waals surface area contributed by atoms with E-state index in [4.69, 9.17) is 10.5 Å². The summed E-state index contributed by atoms with van der Waals surface area (Å²) in [5, 5.41) is 0. The van der Waals surface area contributed by atoms with Crippen molar-refractivity contribution in [2.75, 3.05) is 6.61 Å². The third-order valence-electron chi connectivity index (χ3n) is 2.07. The molecule has 1 heterocycles. The number of carbonyl (C=O) groups is 1. The molecule has 0 bridgehead atoms. The van der Waals surface area contributed by atoms with Crippen LogP contribution >= 0.6 is 0 Å². The fourth-order valence-electron chi connectivity index (χ4n) is 1.30. The highest BCUT2D eigenvalue weighted by Crippen LogP contribution is 2.18. The predicted molar refractivity (Wildman–Crippen MR) is 54.9 cm³/mol. The lowest BCUT2D eigenvalue weighted by Crippen LogP contribution is -2.44. The molecule has 0 fully saturated rings. The van der Waals surface area contributed by atoms with Crippen molar-refractivity contribution < 1.29 is 9.53 Å². The molecule has 0 aliphatic heterocycles. The predicted octanol–water partition coefficient (Wildman–Crippen LogP) is 0.522. The van der Waals surface area contributed by atoms with Gasteiger partial charge in [0.1, 0.15) is 0 Å². The van der Waals surface area contributed by atoms with Crippen LogP contribution in [-0.2, 0) is 15.1 Å². The molecule has 0 radical (unpaired) electrons. The molecule has 1 aromatic heterocycles. The Morgan fingerprint density at radius 3 is 2.67 bits per heavy atom. The van der Waals surface area contributed by atoms with Crippen molar-refractivity contribution in [3.8, 4) is 0 Å². The Labute approximate surface area is 88.7 Å². The minimum absolute atomic E-state index is 0.297. The lowest BCUT2D eigenvalue weighted by Gasteiger charge is -2.22. The van der Waals surface area contributed by atoms with Gasteiger partial charge in [0.25, 0.3) is 0 Å². The maximum absolute atomic E-state index is 11.6. The molecule has 5 nitrogen and oxygen atoms in total. The Morgan fingerprint density at radius 1 is 1.53 bits per heavy atom. The summed E-state index contributed by atoms with van der Waals surface area (Å²) in [5.74, 6) is -0.492. The van der Waals surface area contributed by atoms with Crippen molar-refractivity contribution in [1.29, 1.82) is 0 Å². The lowest BCUT2D eigenvalue weighted by molar-refractivity contribution is -0.149. The van der Waals surface area contributed by atoms with Crippen molar-refractivity contribution in [3.05, 3.63) is 23.8 Å². The van der Waals surface area contributed by atoms with E-state index in [1.165, 1.54) is 6.20 Å². The summed E-state index contributed by atoms with van der Waals surface area (Å²) in [5.41, 5.74) is 5.73. The van der Waals surface area contributed by atoms with Crippen LogP contribution in [0.4, 0.5) is 0 Å². The van der Waals surface area contributed by atoms with Crippen LogP contribution in [0.25, 0.3) is 0 Å². The molecule has 5 heteroatoms. The van der Waals surface area contributed by atoms with Crippen molar-refractivity contribution in [2.24, 2.45) is 5.73 Å². The molecule has 2 N–H and O–H groups in total. The second kappa shape index (κ2) is 4.35. The molecule has 1 aromatic rings. The van der Waals surface area contributed by atoms with E-state index in [1.54, 1.807) is 27.0 Å². The Hall–Kier alpha value is -1.49. The first-order valence-corrected chi connectivity index (χ1v) is 4.74. The molecule has 0 spiro atoms. The molecule has 0 saturated carbocycles. The smallest absolute Gasteiger partial charge is 0.332 e. The molecule has 82 valence electrons. The maximum atomic E-state index is 11.6. The SMILES string of the molecule is CCOC(=O)C(C)(N)c1nccnc1C. The van der Waals surface area contributed by atoms with Crippen LogP contribution in [0.15, 0.2) is 12.4 Å². The third-order valence-corrected chi connectivity index (χ3v) is 2.07. The zero-order valence-electron chi connectivity index (χ0n) is 9.15. The van der Waals surface area contributed by atoms with Gasteiger partial charge in [-0.3, -0.25) is 9.97 Å². The van der Waals surface area contributed by atoms with Gasteiger partial charge in [-0.1, -0.05) is 0 Å². The molecule has 0 aliphatic rings. The molecule has 0 saturated heterocycles. The van der Waals surface area contributed by atoms with Crippen LogP contribution in [0.2, 0.25) is 0 Å². The fraction of sp³-hybridized carbons (Fsp3) is 0.500. The van der Waals surface area contributed by atoms with Crippen LogP contribution < -0.4 is 5.73 Å². The van der Waals surface area contributed by atoms with E-state index in [2.05, 4.69) is 9.97 Å². The summed E-state index contributed by atoms with van der Waals surface area (Å²) >= 11 is 0. The lowest BCUT2D eigenvalue weighted by atomic mass is 9.97. The van der Waals surface area contributed by atoms with Gasteiger partial charge in [-0.2, -0.15) is 0 Å². The van der Waals surface area contributed by atoms with Gasteiger partial charge in [-0.25, -0.2) is 4.79 Å². The van der Waals surface area contributed by atoms with Crippen LogP contribution in [-0.4, -0.2) is 22.5 Å². The third kappa shape index (κ3) is 2.30. The molecular formula is C10H15N3O2. The van der Waals surface area contributed by atoms with Gasteiger partial charge in [0.05, 0.1) is 18.0 Å². The van der Waals surface area contributed by atoms with Crippen LogP contribution in [0.3, 0.4) is 0 Å². The topological polar surface area (TPSA) is 78.1 Å². The number of nitrogens with zero attached hydrogens (tertiary/aromatic N) is 2. The van der Waals surface area contributed by atoms with Gasteiger partial charge >= 0.3 is 5.97 Å². The summed E-state index contributed by atoms with van der Waals surface area (Å²) in [6.07, 6.45) is 3.06. The van der Waals surface area contributed by atoms with Gasteiger partial charge in [-0.15, -0.1) is 0 Å². The van der Waals surface area contributed by atoms with Gasteiger partial charge in [-0.05, 0) is 20.8 Å². The number of carbonyl (C=O) groups excluding carboxylic acids is 1. The van der Waals surface area contributed by atoms with Gasteiger partial charge in [0.15, 0.2) is 5.54 Å². The zero-order valence-corrected chi connectivity index (χ0v) is 9.15. The van der Waals surface area contributed by atoms with Crippen molar-refractivity contribution in [3.63, 3.8) is 0 Å². The van der Waals surface area contributed by atoms with E-state index in [1.807, 2.05) is 0 Å². The number of aryl methyl sites for hydroxylation is 1. The number of rotatable bonds is 3. The molecule has 0 aliphatic carbocycles. The molecular weight excluding hydrogens is 194 g/mol. The standard InChI is InChI=1S/C10H15N3O2/c1-4-15-9(14)10(3,11)8-7(2)12-5-6-13-8/h5-6H,4,11H2,1-3H3. The number of ether oxygens (including phenoxy) is 1. The van der Waals surface area contributed by atoms with Crippen LogP contribution in [0.1, 0.15) is 25.2 Å². The summed E-state index contributed by atoms with van der Waals surface area (Å²) in [4.78, 5) is 19.7. The molecule has 1 atom stereocenters. The van der Waals surface area contributed by atoms with E-state index in [9.17, 15) is 4.79 Å². The summed E-state index contributed by atoms with van der Waals surface area (Å²) in [6, 6.07) is 0. The summed E-state index contributed by atoms with van der Waals surface area (Å²) in [7, 11) is 0. The van der Waals surface area contributed by atoms with Crippen molar-refractivity contribution in [2.45, 2.75) is 26.3 Å². The monoisotopic (exact) mass is 209 g/mol. The van der Waals surface area contributed by atoms with Crippen molar-refractivity contribution >= 4 is 5.97 Å². The average molecular weight is 209 g/mol. The fourth-order valence-corrected chi connectivity index (χ4v) is 1.30. The first kappa shape index (κ1) is 11.6. The Bertz CT molecular complexity index is 363. The molecule has 0 amide bonds. The molecule has 1 unspecified atom stereocenters. The minimum Gasteiger partial charge on any atom is -0.464 e. The molecule has 0 aromatic carbocycles. The van der Waals surface area contributed by atoms with E-state index < -0.39 is 11.5 Å². The van der Waals surface area contributed by atoms with E-state index in [-0.39, 0.29) is 0 Å². The number of hydrogen-bond acceptors (Lipinski definition) is 5. The van der Waals surface area contributed by atoms with Gasteiger partial charge in [0.2, 0.25) is 0 Å². The largest absolute Gasteiger partial charge is 0.464 e. The summed E-state index contributed by atoms with van der Waals surface area (Å²) < 4.78 is 4.88. The van der Waals surface area contributed by atoms with E-state index in [0.717, 1.165) is 0 Å². The first-order valence-electron chi connectivity index (χ1n) is 4.74. The number of esters is 1. The highest BCUT2D eigenvalue weighted by Gasteiger charge is 2.35. The second-order valence-electron chi connectivity index (χ2n) is 3.41. The van der Waals surface area contributed by atoms with Crippen LogP contribution in [0, 0.1) is 6.92 Å². The van der Waals surface area contributed by atoms with E-state index >= 15 is 0 Å². The Kier molecular flexibility index (Phi) is 3.36. The number of hydrogen-bond donors (Lipinski definition) is 1. The highest BCUT2D eigenvalue weighted by atomic mass is 16.5. The average Bonchev–Trinajstić information content (AvgIpc) is 2.18. The van der Waals surface area contributed by atoms with E-state index in [0.29, 0.717) is 18.0 Å². The normalized spacial score (nSPS) is 14.4. The van der Waals surface area contributed by atoms with Crippen molar-refractivity contribution in [1.82, 2.24) is 9.97 Å². The zero-order chi connectivity index (χ0) is 11.5. The number of nitrogens with two attached hydrogens (primary N) is 1. The molecule has 1 rings (SSSR count). The minimum atomic E-state index is -1.24. The number of aromatic nitrogens is 2. The van der Waals surface area contributed by atoms with Gasteiger partial charge < -0.3 is 10.5 Å². The highest BCUT2D eigenvalue weighted by molar-refractivity contribution is 5.81. The van der Waals surface area contributed by atoms with Gasteiger partial charge in [0, 0.05) is 12.4 Å². The quantitative estimate of drug-likeness (QED) is 0.734. The summed E-state index contributed by atoms with van der Waals surface area (Å²) in [6.45, 7) is 5.36. The maximum Gasteiger partial charge on any atom is 0.332 e. The Balaban J connectivity index is 3.05. The van der Waals surface area contributed by atoms with Crippen LogP contribution in [0.5, 0.6) is 0 Å². The second-order valence-corrected chi connectivity index (χ2v) is 3.41. The molecule has 15 heavy (non-hydrogen) atoms. The Morgan fingerprint density at radius 2 is 2.13 bits per heavy atom. The first-order chi connectivity index (χ1) is 7.00.